The van der Waals surface area contributed by atoms with Gasteiger partial charge in [0.2, 0.25) is 5.91 Å². The zero-order valence-electron chi connectivity index (χ0n) is 16.0. The Balaban J connectivity index is 2.02. The van der Waals surface area contributed by atoms with Gasteiger partial charge in [0.25, 0.3) is 0 Å². The van der Waals surface area contributed by atoms with Crippen LogP contribution in [0.2, 0.25) is 0 Å². The molecule has 4 N–H and O–H groups in total. The van der Waals surface area contributed by atoms with Gasteiger partial charge < -0.3 is 20.1 Å². The summed E-state index contributed by atoms with van der Waals surface area (Å²) in [7, 11) is -1.63. The van der Waals surface area contributed by atoms with Gasteiger partial charge in [-0.15, -0.1) is 0 Å². The second-order valence-electron chi connectivity index (χ2n) is 7.03. The van der Waals surface area contributed by atoms with Crippen molar-refractivity contribution in [2.75, 3.05) is 10.6 Å². The first-order valence-electron chi connectivity index (χ1n) is 8.68. The van der Waals surface area contributed by atoms with Crippen molar-refractivity contribution < 1.29 is 24.4 Å². The second-order valence-corrected chi connectivity index (χ2v) is 7.03. The van der Waals surface area contributed by atoms with Gasteiger partial charge in [-0.05, 0) is 56.1 Å². The summed E-state index contributed by atoms with van der Waals surface area (Å²) >= 11 is 0. The summed E-state index contributed by atoms with van der Waals surface area (Å²) in [5.41, 5.74) is 1.17. The number of anilines is 2. The van der Waals surface area contributed by atoms with Crippen LogP contribution in [-0.2, 0) is 9.53 Å². The second kappa shape index (κ2) is 9.21. The number of hydrogen-bond acceptors (Lipinski definition) is 5. The number of carbonyl (C=O) groups is 2. The summed E-state index contributed by atoms with van der Waals surface area (Å²) < 4.78 is 5.19. The molecule has 0 aliphatic carbocycles. The fraction of sp³-hybridized carbons (Fsp3) is 0.200. The summed E-state index contributed by atoms with van der Waals surface area (Å²) in [6.07, 6.45) is 2.19. The lowest BCUT2D eigenvalue weighted by molar-refractivity contribution is -0.111. The minimum absolute atomic E-state index is 0.301. The van der Waals surface area contributed by atoms with Crippen LogP contribution in [0.3, 0.4) is 0 Å². The molecule has 0 aliphatic heterocycles. The molecule has 2 rings (SSSR count). The lowest BCUT2D eigenvalue weighted by atomic mass is 9.77. The van der Waals surface area contributed by atoms with Crippen molar-refractivity contribution >= 4 is 42.0 Å². The molecule has 2 amide bonds. The third-order valence-electron chi connectivity index (χ3n) is 3.46. The van der Waals surface area contributed by atoms with Crippen molar-refractivity contribution in [2.24, 2.45) is 0 Å². The highest BCUT2D eigenvalue weighted by Gasteiger charge is 2.16. The van der Waals surface area contributed by atoms with E-state index in [4.69, 9.17) is 4.74 Å². The van der Waals surface area contributed by atoms with E-state index < -0.39 is 24.7 Å². The highest BCUT2D eigenvalue weighted by molar-refractivity contribution is 6.59. The highest BCUT2D eigenvalue weighted by Crippen LogP contribution is 2.17. The third-order valence-corrected chi connectivity index (χ3v) is 3.46. The van der Waals surface area contributed by atoms with Crippen LogP contribution in [0, 0.1) is 0 Å². The van der Waals surface area contributed by atoms with Crippen LogP contribution in [-0.4, -0.2) is 34.8 Å². The maximum absolute atomic E-state index is 12.2. The van der Waals surface area contributed by atoms with E-state index in [1.165, 1.54) is 12.2 Å². The number of benzene rings is 2. The van der Waals surface area contributed by atoms with Crippen LogP contribution < -0.4 is 16.1 Å². The van der Waals surface area contributed by atoms with E-state index in [2.05, 4.69) is 10.6 Å². The Morgan fingerprint density at radius 3 is 2.29 bits per heavy atom. The first-order chi connectivity index (χ1) is 13.1. The summed E-state index contributed by atoms with van der Waals surface area (Å²) in [4.78, 5) is 24.0. The number of ether oxygens (including phenoxy) is 1. The molecule has 0 saturated carbocycles. The molecule has 0 unspecified atom stereocenters. The third kappa shape index (κ3) is 6.90. The molecule has 0 bridgehead atoms. The highest BCUT2D eigenvalue weighted by atomic mass is 16.6. The molecule has 0 fully saturated rings. The van der Waals surface area contributed by atoms with E-state index in [9.17, 15) is 19.6 Å². The molecule has 0 atom stereocenters. The molecule has 7 nitrogen and oxygen atoms in total. The topological polar surface area (TPSA) is 108 Å². The van der Waals surface area contributed by atoms with Crippen LogP contribution in [0.25, 0.3) is 6.08 Å². The van der Waals surface area contributed by atoms with Gasteiger partial charge in [-0.1, -0.05) is 30.3 Å². The Kier molecular flexibility index (Phi) is 6.97. The number of hydrogen-bond donors (Lipinski definition) is 4. The van der Waals surface area contributed by atoms with Crippen molar-refractivity contribution in [3.63, 3.8) is 0 Å². The van der Waals surface area contributed by atoms with Gasteiger partial charge in [-0.2, -0.15) is 0 Å². The van der Waals surface area contributed by atoms with Crippen LogP contribution in [0.5, 0.6) is 0 Å². The van der Waals surface area contributed by atoms with Gasteiger partial charge in [-0.3, -0.25) is 10.1 Å². The lowest BCUT2D eigenvalue weighted by Crippen LogP contribution is -2.31. The Labute approximate surface area is 164 Å². The molecule has 0 heterocycles. The number of rotatable bonds is 5. The zero-order valence-corrected chi connectivity index (χ0v) is 16.0. The van der Waals surface area contributed by atoms with Crippen molar-refractivity contribution in [3.8, 4) is 0 Å². The Morgan fingerprint density at radius 1 is 1.00 bits per heavy atom. The van der Waals surface area contributed by atoms with Gasteiger partial charge in [0, 0.05) is 17.5 Å². The van der Waals surface area contributed by atoms with Crippen LogP contribution in [0.1, 0.15) is 26.3 Å². The van der Waals surface area contributed by atoms with Gasteiger partial charge in [0.15, 0.2) is 0 Å². The van der Waals surface area contributed by atoms with E-state index in [0.717, 1.165) is 0 Å². The minimum atomic E-state index is -1.63. The Hall–Kier alpha value is -3.10. The van der Waals surface area contributed by atoms with Crippen molar-refractivity contribution in [2.45, 2.75) is 26.4 Å². The Bertz CT molecular complexity index is 875. The van der Waals surface area contributed by atoms with Crippen LogP contribution >= 0.6 is 0 Å². The van der Waals surface area contributed by atoms with E-state index in [1.54, 1.807) is 69.3 Å². The quantitative estimate of drug-likeness (QED) is 0.469. The smallest absolute Gasteiger partial charge is 0.444 e. The van der Waals surface area contributed by atoms with E-state index >= 15 is 0 Å². The maximum Gasteiger partial charge on any atom is 0.489 e. The van der Waals surface area contributed by atoms with Crippen LogP contribution in [0.4, 0.5) is 16.2 Å². The largest absolute Gasteiger partial charge is 0.489 e. The Morgan fingerprint density at radius 2 is 1.64 bits per heavy atom. The molecular weight excluding hydrogens is 359 g/mol. The summed E-state index contributed by atoms with van der Waals surface area (Å²) in [5, 5.41) is 24.0. The first-order valence-corrected chi connectivity index (χ1v) is 8.68. The molecule has 8 heteroatoms. The summed E-state index contributed by atoms with van der Waals surface area (Å²) in [6, 6.07) is 13.3. The molecule has 0 saturated heterocycles. The monoisotopic (exact) mass is 382 g/mol. The average molecular weight is 382 g/mol. The fourth-order valence-corrected chi connectivity index (χ4v) is 2.34. The average Bonchev–Trinajstić information content (AvgIpc) is 2.58. The predicted molar refractivity (Wildman–Crippen MR) is 110 cm³/mol. The molecule has 2 aromatic rings. The fourth-order valence-electron chi connectivity index (χ4n) is 2.34. The molecule has 0 aliphatic rings. The number of carbonyl (C=O) groups excluding carboxylic acids is 2. The SMILES string of the molecule is CC(C)(C)OC(=O)Nc1cccc(NC(=O)C=Cc2ccccc2B(O)O)c1. The van der Waals surface area contributed by atoms with E-state index in [-0.39, 0.29) is 0 Å². The molecule has 2 aromatic carbocycles. The molecule has 0 aromatic heterocycles. The molecular formula is C20H23BN2O5. The van der Waals surface area contributed by atoms with Gasteiger partial charge in [0.1, 0.15) is 5.60 Å². The number of nitrogens with one attached hydrogen (secondary N) is 2. The molecule has 0 spiro atoms. The first kappa shape index (κ1) is 21.2. The lowest BCUT2D eigenvalue weighted by Gasteiger charge is -2.19. The summed E-state index contributed by atoms with van der Waals surface area (Å²) in [5.74, 6) is -0.406. The van der Waals surface area contributed by atoms with E-state index in [0.29, 0.717) is 22.4 Å². The van der Waals surface area contributed by atoms with Gasteiger partial charge in [-0.25, -0.2) is 4.79 Å². The van der Waals surface area contributed by atoms with E-state index in [1.807, 2.05) is 0 Å². The standard InChI is InChI=1S/C20H23BN2O5/c1-20(2,3)28-19(25)23-16-9-6-8-15(13-16)22-18(24)12-11-14-7-4-5-10-17(14)21(26)27/h4-13,26-27H,1-3H3,(H,22,24)(H,23,25). The van der Waals surface area contributed by atoms with Crippen molar-refractivity contribution in [1.29, 1.82) is 0 Å². The summed E-state index contributed by atoms with van der Waals surface area (Å²) in [6.45, 7) is 5.30. The zero-order chi connectivity index (χ0) is 20.7. The van der Waals surface area contributed by atoms with Crippen LogP contribution in [0.15, 0.2) is 54.6 Å². The molecule has 146 valence electrons. The maximum atomic E-state index is 12.2. The predicted octanol–water partition coefficient (Wildman–Crippen LogP) is 2.37. The molecule has 0 radical (unpaired) electrons. The normalized spacial score (nSPS) is 11.2. The molecule has 28 heavy (non-hydrogen) atoms. The van der Waals surface area contributed by atoms with Gasteiger partial charge >= 0.3 is 13.2 Å². The minimum Gasteiger partial charge on any atom is -0.444 e. The number of amides is 2. The van der Waals surface area contributed by atoms with Crippen molar-refractivity contribution in [1.82, 2.24) is 0 Å². The van der Waals surface area contributed by atoms with Crippen molar-refractivity contribution in [3.05, 3.63) is 60.2 Å². The van der Waals surface area contributed by atoms with Gasteiger partial charge in [0.05, 0.1) is 0 Å².